The van der Waals surface area contributed by atoms with Gasteiger partial charge in [0, 0.05) is 31.6 Å². The highest BCUT2D eigenvalue weighted by Crippen LogP contribution is 2.23. The molecule has 0 spiro atoms. The first-order valence-electron chi connectivity index (χ1n) is 6.62. The van der Waals surface area contributed by atoms with Crippen LogP contribution in [-0.4, -0.2) is 38.7 Å². The van der Waals surface area contributed by atoms with Crippen LogP contribution in [0.1, 0.15) is 12.0 Å². The summed E-state index contributed by atoms with van der Waals surface area (Å²) in [5.41, 5.74) is -0.841. The van der Waals surface area contributed by atoms with Crippen LogP contribution in [0.4, 0.5) is 5.69 Å². The Morgan fingerprint density at radius 2 is 1.91 bits per heavy atom. The van der Waals surface area contributed by atoms with Crippen LogP contribution in [0, 0.1) is 10.1 Å². The third-order valence-corrected chi connectivity index (χ3v) is 3.61. The molecule has 0 atom stereocenters. The second-order valence-electron chi connectivity index (χ2n) is 5.19. The lowest BCUT2D eigenvalue weighted by atomic mass is 10.1. The summed E-state index contributed by atoms with van der Waals surface area (Å²) in [6.45, 7) is 1.13. The summed E-state index contributed by atoms with van der Waals surface area (Å²) in [6.07, 6.45) is 0.445. The number of benzene rings is 1. The molecule has 1 aromatic carbocycles. The molecule has 2 aromatic rings. The van der Waals surface area contributed by atoms with E-state index >= 15 is 0 Å². The first-order valence-corrected chi connectivity index (χ1v) is 6.62. The van der Waals surface area contributed by atoms with Crippen molar-refractivity contribution in [3.63, 3.8) is 0 Å². The zero-order valence-corrected chi connectivity index (χ0v) is 11.4. The molecule has 1 fully saturated rings. The van der Waals surface area contributed by atoms with Crippen molar-refractivity contribution in [2.24, 2.45) is 0 Å². The maximum atomic E-state index is 11.5. The minimum atomic E-state index is -0.865. The third-order valence-electron chi connectivity index (χ3n) is 3.61. The van der Waals surface area contributed by atoms with E-state index in [-0.39, 0.29) is 30.1 Å². The largest absolute Gasteiger partial charge is 0.316 e. The molecule has 0 radical (unpaired) electrons. The Morgan fingerprint density at radius 1 is 1.18 bits per heavy atom. The predicted molar refractivity (Wildman–Crippen MR) is 76.7 cm³/mol. The Labute approximate surface area is 122 Å². The number of H-pyrrole nitrogens is 2. The number of aromatic amines is 2. The van der Waals surface area contributed by atoms with Gasteiger partial charge >= 0.3 is 11.1 Å². The van der Waals surface area contributed by atoms with Crippen molar-refractivity contribution >= 4 is 22.5 Å². The lowest BCUT2D eigenvalue weighted by Crippen LogP contribution is -2.29. The molecule has 9 heteroatoms. The minimum absolute atomic E-state index is 0.108. The molecule has 114 valence electrons. The van der Waals surface area contributed by atoms with Crippen molar-refractivity contribution in [3.05, 3.63) is 48.5 Å². The Morgan fingerprint density at radius 3 is 2.55 bits per heavy atom. The SMILES string of the molecule is O=C1CCN(Cc2cc([N+](=O)[O-])cc3[nH]c(=O)c(=O)[nH]c23)C1. The summed E-state index contributed by atoms with van der Waals surface area (Å²) in [5, 5.41) is 11.0. The first kappa shape index (κ1) is 14.1. The summed E-state index contributed by atoms with van der Waals surface area (Å²) in [4.78, 5) is 51.3. The molecule has 22 heavy (non-hydrogen) atoms. The molecule has 2 heterocycles. The van der Waals surface area contributed by atoms with Crippen molar-refractivity contribution < 1.29 is 9.72 Å². The highest BCUT2D eigenvalue weighted by Gasteiger charge is 2.22. The van der Waals surface area contributed by atoms with Gasteiger partial charge < -0.3 is 9.97 Å². The summed E-state index contributed by atoms with van der Waals surface area (Å²) in [7, 11) is 0. The van der Waals surface area contributed by atoms with Crippen LogP contribution in [0.2, 0.25) is 0 Å². The molecular weight excluding hydrogens is 292 g/mol. The monoisotopic (exact) mass is 304 g/mol. The summed E-state index contributed by atoms with van der Waals surface area (Å²) in [6, 6.07) is 2.55. The van der Waals surface area contributed by atoms with Gasteiger partial charge in [-0.3, -0.25) is 29.4 Å². The standard InChI is InChI=1S/C13H12N4O5/c18-9-1-2-16(6-9)5-7-3-8(17(21)22)4-10-11(7)15-13(20)12(19)14-10/h3-4H,1-2,5-6H2,(H,14,19)(H,15,20). The Hall–Kier alpha value is -2.81. The number of nitro groups is 1. The van der Waals surface area contributed by atoms with E-state index in [0.29, 0.717) is 24.0 Å². The number of ketones is 1. The molecular formula is C13H12N4O5. The Balaban J connectivity index is 2.15. The number of hydrogen-bond donors (Lipinski definition) is 2. The molecule has 0 amide bonds. The molecule has 0 aliphatic carbocycles. The van der Waals surface area contributed by atoms with Gasteiger partial charge in [0.2, 0.25) is 0 Å². The van der Waals surface area contributed by atoms with Gasteiger partial charge in [-0.25, -0.2) is 0 Å². The number of hydrogen-bond acceptors (Lipinski definition) is 6. The van der Waals surface area contributed by atoms with E-state index in [1.807, 2.05) is 4.90 Å². The smallest absolute Gasteiger partial charge is 0.314 e. The van der Waals surface area contributed by atoms with Gasteiger partial charge in [-0.05, 0) is 5.56 Å². The van der Waals surface area contributed by atoms with E-state index in [0.717, 1.165) is 0 Å². The van der Waals surface area contributed by atoms with E-state index in [2.05, 4.69) is 9.97 Å². The Bertz CT molecular complexity index is 897. The maximum Gasteiger partial charge on any atom is 0.314 e. The number of carbonyl (C=O) groups excluding carboxylic acids is 1. The van der Waals surface area contributed by atoms with E-state index in [1.165, 1.54) is 12.1 Å². The third kappa shape index (κ3) is 2.53. The number of non-ortho nitro benzene ring substituents is 1. The highest BCUT2D eigenvalue weighted by molar-refractivity contribution is 5.83. The lowest BCUT2D eigenvalue weighted by Gasteiger charge is -2.15. The lowest BCUT2D eigenvalue weighted by molar-refractivity contribution is -0.384. The quantitative estimate of drug-likeness (QED) is 0.463. The molecule has 1 aliphatic rings. The van der Waals surface area contributed by atoms with E-state index < -0.39 is 16.0 Å². The number of fused-ring (bicyclic) bond motifs is 1. The molecule has 1 aliphatic heterocycles. The average molecular weight is 304 g/mol. The number of nitrogens with zero attached hydrogens (tertiary/aromatic N) is 2. The van der Waals surface area contributed by atoms with Crippen molar-refractivity contribution in [2.75, 3.05) is 13.1 Å². The summed E-state index contributed by atoms with van der Waals surface area (Å²) >= 11 is 0. The number of rotatable bonds is 3. The zero-order chi connectivity index (χ0) is 15.9. The number of nitro benzene ring substituents is 1. The van der Waals surface area contributed by atoms with Crippen LogP contribution in [0.3, 0.4) is 0 Å². The van der Waals surface area contributed by atoms with Gasteiger partial charge in [0.1, 0.15) is 5.78 Å². The van der Waals surface area contributed by atoms with Crippen LogP contribution >= 0.6 is 0 Å². The zero-order valence-electron chi connectivity index (χ0n) is 11.4. The van der Waals surface area contributed by atoms with Gasteiger partial charge in [0.15, 0.2) is 0 Å². The summed E-state index contributed by atoms with van der Waals surface area (Å²) in [5.74, 6) is 0.108. The second-order valence-corrected chi connectivity index (χ2v) is 5.19. The molecule has 0 bridgehead atoms. The molecule has 0 saturated carbocycles. The number of aromatic nitrogens is 2. The van der Waals surface area contributed by atoms with Gasteiger partial charge in [0.05, 0.1) is 22.5 Å². The van der Waals surface area contributed by atoms with Crippen LogP contribution < -0.4 is 11.1 Å². The Kier molecular flexibility index (Phi) is 3.33. The highest BCUT2D eigenvalue weighted by atomic mass is 16.6. The van der Waals surface area contributed by atoms with Crippen LogP contribution in [0.25, 0.3) is 11.0 Å². The van der Waals surface area contributed by atoms with Crippen LogP contribution in [-0.2, 0) is 11.3 Å². The van der Waals surface area contributed by atoms with Gasteiger partial charge in [-0.2, -0.15) is 0 Å². The molecule has 1 aromatic heterocycles. The number of likely N-dealkylation sites (tertiary alicyclic amines) is 1. The van der Waals surface area contributed by atoms with E-state index in [4.69, 9.17) is 0 Å². The predicted octanol–water partition coefficient (Wildman–Crippen LogP) is -0.101. The normalized spacial score (nSPS) is 15.5. The minimum Gasteiger partial charge on any atom is -0.316 e. The maximum absolute atomic E-state index is 11.5. The topological polar surface area (TPSA) is 129 Å². The van der Waals surface area contributed by atoms with E-state index in [9.17, 15) is 24.5 Å². The van der Waals surface area contributed by atoms with E-state index in [1.54, 1.807) is 0 Å². The first-order chi connectivity index (χ1) is 10.4. The second kappa shape index (κ2) is 5.19. The van der Waals surface area contributed by atoms with Crippen LogP contribution in [0.15, 0.2) is 21.7 Å². The fourth-order valence-corrected chi connectivity index (χ4v) is 2.58. The number of carbonyl (C=O) groups is 1. The average Bonchev–Trinajstić information content (AvgIpc) is 2.86. The van der Waals surface area contributed by atoms with Crippen LogP contribution in [0.5, 0.6) is 0 Å². The van der Waals surface area contributed by atoms with Crippen molar-refractivity contribution in [1.29, 1.82) is 0 Å². The van der Waals surface area contributed by atoms with Gasteiger partial charge in [-0.1, -0.05) is 0 Å². The molecule has 0 unspecified atom stereocenters. The van der Waals surface area contributed by atoms with Crippen molar-refractivity contribution in [3.8, 4) is 0 Å². The van der Waals surface area contributed by atoms with Crippen molar-refractivity contribution in [2.45, 2.75) is 13.0 Å². The molecule has 9 nitrogen and oxygen atoms in total. The summed E-state index contributed by atoms with van der Waals surface area (Å²) < 4.78 is 0. The fraction of sp³-hybridized carbons (Fsp3) is 0.308. The van der Waals surface area contributed by atoms with Crippen molar-refractivity contribution in [1.82, 2.24) is 14.9 Å². The molecule has 3 rings (SSSR count). The fourth-order valence-electron chi connectivity index (χ4n) is 2.58. The molecule has 1 saturated heterocycles. The molecule has 2 N–H and O–H groups in total. The van der Waals surface area contributed by atoms with Gasteiger partial charge in [0.25, 0.3) is 5.69 Å². The number of Topliss-reactive ketones (excluding diaryl/α,β-unsaturated/α-hetero) is 1. The number of nitrogens with one attached hydrogen (secondary N) is 2. The van der Waals surface area contributed by atoms with Gasteiger partial charge in [-0.15, -0.1) is 0 Å².